The molecule has 160 valence electrons. The molecule has 28 heavy (non-hydrogen) atoms. The van der Waals surface area contributed by atoms with Crippen LogP contribution in [0.15, 0.2) is 0 Å². The molecule has 0 aliphatic heterocycles. The summed E-state index contributed by atoms with van der Waals surface area (Å²) in [4.78, 5) is 85.9. The molecule has 0 saturated carbocycles. The molecule has 0 amide bonds. The van der Waals surface area contributed by atoms with Crippen LogP contribution in [0.5, 0.6) is 0 Å². The molecule has 18 nitrogen and oxygen atoms in total. The molecule has 0 aromatic heterocycles. The minimum Gasteiger partial charge on any atom is -1.00 e. The average Bonchev–Trinajstić information content (AvgIpc) is 2.08. The van der Waals surface area contributed by atoms with Gasteiger partial charge in [-0.1, -0.05) is 0 Å². The van der Waals surface area contributed by atoms with Crippen LogP contribution < -0.4 is 0 Å². The van der Waals surface area contributed by atoms with Crippen molar-refractivity contribution in [3.05, 3.63) is 0 Å². The number of hydrogen-bond donors (Lipinski definition) is 12. The Hall–Kier alpha value is 2.74. The van der Waals surface area contributed by atoms with Gasteiger partial charge in [-0.3, -0.25) is 26.8 Å². The van der Waals surface area contributed by atoms with Gasteiger partial charge in [0.05, 0.1) is 0 Å². The number of hydrogen-bond acceptors (Lipinski definition) is 6. The summed E-state index contributed by atoms with van der Waals surface area (Å²) >= 11 is 0. The molecule has 0 saturated heterocycles. The first-order chi connectivity index (χ1) is 10.4. The molecule has 0 radical (unpaired) electrons. The van der Waals surface area contributed by atoms with Gasteiger partial charge in [-0.25, -0.2) is 0 Å². The molecule has 12 N–H and O–H groups in total. The number of rotatable bonds is 0. The van der Waals surface area contributed by atoms with Gasteiger partial charge in [-0.05, 0) is 0 Å². The van der Waals surface area contributed by atoms with Gasteiger partial charge in [0.25, 0.3) is 0 Å². The molecule has 0 fully saturated rings. The Balaban J connectivity index is -0.00000000633. The molecule has 0 aromatic carbocycles. The van der Waals surface area contributed by atoms with Crippen molar-refractivity contribution in [3.63, 3.8) is 0 Å². The summed E-state index contributed by atoms with van der Waals surface area (Å²) in [7, 11) is -18.8. The van der Waals surface area contributed by atoms with E-state index in [0.29, 0.717) is 0 Å². The molecule has 0 spiro atoms. The van der Waals surface area contributed by atoms with Crippen LogP contribution >= 0.6 is 0 Å². The predicted octanol–water partition coefficient (Wildman–Crippen LogP) is -10.3. The van der Waals surface area contributed by atoms with Crippen molar-refractivity contribution in [2.24, 2.45) is 0 Å². The quantitative estimate of drug-likeness (QED) is 0.110. The molecule has 0 bridgehead atoms. The van der Waals surface area contributed by atoms with Gasteiger partial charge in [-0.15, -0.1) is 0 Å². The van der Waals surface area contributed by atoms with Crippen molar-refractivity contribution in [1.82, 2.24) is 0 Å². The summed E-state index contributed by atoms with van der Waals surface area (Å²) in [5.41, 5.74) is 0. The molecular formula is H20Ca4O18Si6. The zero-order valence-corrected chi connectivity index (χ0v) is 28.5. The van der Waals surface area contributed by atoms with Crippen LogP contribution in [0.3, 0.4) is 0 Å². The Morgan fingerprint density at radius 2 is 0.286 bits per heavy atom. The van der Waals surface area contributed by atoms with E-state index in [0.717, 1.165) is 0 Å². The smallest absolute Gasteiger partial charge is 1.00 e. The summed E-state index contributed by atoms with van der Waals surface area (Å²) in [5, 5.41) is 0. The van der Waals surface area contributed by atoms with E-state index >= 15 is 0 Å². The van der Waals surface area contributed by atoms with Crippen LogP contribution in [0.4, 0.5) is 0 Å². The van der Waals surface area contributed by atoms with Gasteiger partial charge in [0.2, 0.25) is 0 Å². The third-order valence-corrected chi connectivity index (χ3v) is 0. The van der Waals surface area contributed by atoms with Crippen LogP contribution in [-0.4, -0.2) is 264 Å². The van der Waals surface area contributed by atoms with Crippen LogP contribution in [0.2, 0.25) is 0 Å². The fourth-order valence-electron chi connectivity index (χ4n) is 0. The molecular weight excluding hydrogens is 617 g/mol. The van der Waals surface area contributed by atoms with E-state index in [4.69, 9.17) is 84.3 Å². The van der Waals surface area contributed by atoms with Crippen LogP contribution in [0, 0.1) is 0 Å². The van der Waals surface area contributed by atoms with Crippen LogP contribution in [-0.2, 0) is 26.8 Å². The van der Waals surface area contributed by atoms with Crippen molar-refractivity contribution in [2.75, 3.05) is 0 Å². The minimum atomic E-state index is -3.13. The summed E-state index contributed by atoms with van der Waals surface area (Å²) in [6.45, 7) is 0. The van der Waals surface area contributed by atoms with Gasteiger partial charge in [-0.2, -0.15) is 0 Å². The van der Waals surface area contributed by atoms with Crippen molar-refractivity contribution < 1.29 is 95.7 Å². The van der Waals surface area contributed by atoms with Crippen molar-refractivity contribution in [3.8, 4) is 0 Å². The summed E-state index contributed by atoms with van der Waals surface area (Å²) in [6.07, 6.45) is 0. The average molecular weight is 637 g/mol. The van der Waals surface area contributed by atoms with Gasteiger partial charge in [0.15, 0.2) is 0 Å². The molecule has 0 rings (SSSR count). The normalized spacial score (nSPS) is 5.14. The Kier molecular flexibility index (Phi) is 129. The van der Waals surface area contributed by atoms with E-state index in [-0.39, 0.29) is 162 Å². The summed E-state index contributed by atoms with van der Waals surface area (Å²) in [5.74, 6) is 0. The second-order valence-corrected chi connectivity index (χ2v) is 5.09. The Morgan fingerprint density at radius 3 is 0.286 bits per heavy atom. The Labute approximate surface area is 296 Å². The maximum absolute atomic E-state index is 8.74. The molecule has 0 atom stereocenters. The second kappa shape index (κ2) is 57.1. The van der Waals surface area contributed by atoms with Crippen molar-refractivity contribution in [1.29, 1.82) is 0 Å². The zero-order valence-electron chi connectivity index (χ0n) is 21.6. The van der Waals surface area contributed by atoms with Gasteiger partial charge < -0.3 is 69.0 Å². The maximum Gasteiger partial charge on any atom is 2.00 e. The van der Waals surface area contributed by atoms with E-state index in [9.17, 15) is 0 Å². The van der Waals surface area contributed by atoms with E-state index < -0.39 is 55.0 Å². The molecule has 28 heteroatoms. The second-order valence-electron chi connectivity index (χ2n) is 1.70. The molecule has 0 aromatic rings. The van der Waals surface area contributed by atoms with E-state index in [1.807, 2.05) is 0 Å². The van der Waals surface area contributed by atoms with Gasteiger partial charge in [0.1, 0.15) is 0 Å². The van der Waals surface area contributed by atoms with Crippen LogP contribution in [0.1, 0.15) is 11.4 Å². The first-order valence-corrected chi connectivity index (χ1v) is 11.7. The topological polar surface area (TPSA) is 345 Å². The fourth-order valence-corrected chi connectivity index (χ4v) is 0. The third kappa shape index (κ3) is 2950. The van der Waals surface area contributed by atoms with Crippen molar-refractivity contribution in [2.45, 2.75) is 0 Å². The van der Waals surface area contributed by atoms with E-state index in [2.05, 4.69) is 0 Å². The molecule has 0 heterocycles. The summed E-state index contributed by atoms with van der Waals surface area (Å²) in [6, 6.07) is 0. The largest absolute Gasteiger partial charge is 2.00 e. The first kappa shape index (κ1) is 63.2. The maximum atomic E-state index is 8.74. The molecule has 0 unspecified atom stereocenters. The standard InChI is InChI=1S/4Ca.6H2O3Si.8H/c;;;;6*1-4(2)3;;;;;;;;/h;;;;6*1-2H;;;;;;;;/q4*+2;;;;;;;8*-1. The van der Waals surface area contributed by atoms with Gasteiger partial charge in [0, 0.05) is 0 Å². The SMILES string of the molecule is O=[Si](O)O.O=[Si](O)O.O=[Si](O)O.O=[Si](O)O.O=[Si](O)O.O=[Si](O)O.[Ca+2].[Ca+2].[Ca+2].[Ca+2].[H-].[H-].[H-].[H-].[H-].[H-].[H-].[H-]. The third-order valence-electron chi connectivity index (χ3n) is 0. The monoisotopic (exact) mass is 636 g/mol. The minimum absolute atomic E-state index is 0. The zero-order chi connectivity index (χ0) is 21.5. The Morgan fingerprint density at radius 1 is 0.286 bits per heavy atom. The van der Waals surface area contributed by atoms with Gasteiger partial charge >= 0.3 is 206 Å². The summed E-state index contributed by atoms with van der Waals surface area (Å²) < 4.78 is 52.4. The Bertz CT molecular complexity index is 295. The fraction of sp³-hybridized carbons (Fsp3) is 0. The van der Waals surface area contributed by atoms with E-state index in [1.165, 1.54) is 0 Å². The predicted molar refractivity (Wildman–Crippen MR) is 97.2 cm³/mol. The van der Waals surface area contributed by atoms with Crippen molar-refractivity contribution >= 4 is 206 Å². The first-order valence-electron chi connectivity index (χ1n) is 3.91. The molecule has 0 aliphatic rings. The van der Waals surface area contributed by atoms with E-state index in [1.54, 1.807) is 0 Å². The molecule has 0 aliphatic carbocycles. The van der Waals surface area contributed by atoms with Crippen LogP contribution in [0.25, 0.3) is 0 Å².